The van der Waals surface area contributed by atoms with Gasteiger partial charge in [0.1, 0.15) is 0 Å². The molecule has 114 valence electrons. The van der Waals surface area contributed by atoms with Gasteiger partial charge in [0, 0.05) is 16.0 Å². The topological polar surface area (TPSA) is 59.3 Å². The number of thiazole rings is 1. The van der Waals surface area contributed by atoms with Crippen molar-refractivity contribution in [2.45, 2.75) is 11.8 Å². The first-order valence-electron chi connectivity index (χ1n) is 6.20. The third-order valence-electron chi connectivity index (χ3n) is 2.88. The Morgan fingerprint density at radius 1 is 1.45 bits per heavy atom. The van der Waals surface area contributed by atoms with Gasteiger partial charge < -0.3 is 0 Å². The van der Waals surface area contributed by atoms with E-state index >= 15 is 0 Å². The van der Waals surface area contributed by atoms with Gasteiger partial charge in [-0.2, -0.15) is 4.98 Å². The number of nitrogens with zero attached hydrogens (tertiary/aromatic N) is 3. The number of nitrogens with one attached hydrogen (secondary N) is 1. The van der Waals surface area contributed by atoms with E-state index < -0.39 is 0 Å². The number of hydrogen-bond donors (Lipinski definition) is 1. The molecular formula is C13H9BrCl2N4OS. The molecule has 0 aliphatic rings. The minimum absolute atomic E-state index is 0.204. The zero-order chi connectivity index (χ0) is 15.9. The van der Waals surface area contributed by atoms with Crippen LogP contribution in [0.2, 0.25) is 10.0 Å². The van der Waals surface area contributed by atoms with Gasteiger partial charge in [-0.1, -0.05) is 39.1 Å². The van der Waals surface area contributed by atoms with Gasteiger partial charge >= 0.3 is 0 Å². The van der Waals surface area contributed by atoms with E-state index in [-0.39, 0.29) is 16.7 Å². The minimum atomic E-state index is -0.320. The molecule has 0 fully saturated rings. The second kappa shape index (κ2) is 6.16. The summed E-state index contributed by atoms with van der Waals surface area (Å²) in [7, 11) is 0. The van der Waals surface area contributed by atoms with Crippen molar-refractivity contribution in [2.24, 2.45) is 0 Å². The van der Waals surface area contributed by atoms with Crippen molar-refractivity contribution in [1.29, 1.82) is 0 Å². The van der Waals surface area contributed by atoms with E-state index in [4.69, 9.17) is 23.2 Å². The molecule has 0 saturated carbocycles. The lowest BCUT2D eigenvalue weighted by Crippen LogP contribution is -2.20. The van der Waals surface area contributed by atoms with Gasteiger partial charge in [0.15, 0.2) is 0 Å². The predicted molar refractivity (Wildman–Crippen MR) is 93.3 cm³/mol. The first-order valence-corrected chi connectivity index (χ1v) is 8.75. The van der Waals surface area contributed by atoms with Crippen LogP contribution in [0.15, 0.2) is 23.6 Å². The summed E-state index contributed by atoms with van der Waals surface area (Å²) < 4.78 is 1.65. The Morgan fingerprint density at radius 3 is 2.91 bits per heavy atom. The van der Waals surface area contributed by atoms with Crippen LogP contribution < -0.4 is 5.32 Å². The molecular weight excluding hydrogens is 411 g/mol. The Labute approximate surface area is 148 Å². The molecule has 0 spiro atoms. The van der Waals surface area contributed by atoms with Crippen LogP contribution >= 0.6 is 50.5 Å². The molecule has 1 unspecified atom stereocenters. The molecule has 0 bridgehead atoms. The molecule has 9 heteroatoms. The number of hydrogen-bond acceptors (Lipinski definition) is 4. The average molecular weight is 420 g/mol. The number of amides is 1. The molecule has 22 heavy (non-hydrogen) atoms. The molecule has 1 amide bonds. The highest BCUT2D eigenvalue weighted by Gasteiger charge is 2.16. The molecule has 5 nitrogen and oxygen atoms in total. The number of halogens is 3. The Kier molecular flexibility index (Phi) is 4.40. The fourth-order valence-corrected chi connectivity index (χ4v) is 3.27. The fourth-order valence-electron chi connectivity index (χ4n) is 1.83. The lowest BCUT2D eigenvalue weighted by molar-refractivity contribution is -0.115. The summed E-state index contributed by atoms with van der Waals surface area (Å²) in [4.78, 5) is 16.3. The number of benzene rings is 1. The van der Waals surface area contributed by atoms with Gasteiger partial charge in [0.25, 0.3) is 0 Å². The summed E-state index contributed by atoms with van der Waals surface area (Å²) in [5, 5.41) is 9.95. The maximum atomic E-state index is 11.7. The Morgan fingerprint density at radius 2 is 2.23 bits per heavy atom. The van der Waals surface area contributed by atoms with Gasteiger partial charge in [0.2, 0.25) is 16.8 Å². The summed E-state index contributed by atoms with van der Waals surface area (Å²) in [6, 6.07) is 5.26. The number of carbonyl (C=O) groups is 1. The van der Waals surface area contributed by atoms with Crippen LogP contribution in [0, 0.1) is 0 Å². The van der Waals surface area contributed by atoms with E-state index in [1.54, 1.807) is 23.6 Å². The molecule has 1 N–H and O–H groups in total. The third-order valence-corrected chi connectivity index (χ3v) is 4.66. The number of fused-ring (bicyclic) bond motifs is 1. The van der Waals surface area contributed by atoms with E-state index in [1.165, 1.54) is 11.3 Å². The van der Waals surface area contributed by atoms with Gasteiger partial charge in [-0.3, -0.25) is 10.1 Å². The third kappa shape index (κ3) is 2.99. The molecule has 3 rings (SSSR count). The zero-order valence-corrected chi connectivity index (χ0v) is 15.1. The first kappa shape index (κ1) is 15.7. The summed E-state index contributed by atoms with van der Waals surface area (Å²) in [5.41, 5.74) is 1.59. The number of rotatable bonds is 3. The first-order chi connectivity index (χ1) is 10.5. The van der Waals surface area contributed by atoms with Crippen molar-refractivity contribution in [3.63, 3.8) is 0 Å². The number of carbonyl (C=O) groups excluding carboxylic acids is 1. The highest BCUT2D eigenvalue weighted by Crippen LogP contribution is 2.33. The van der Waals surface area contributed by atoms with Crippen molar-refractivity contribution in [3.8, 4) is 11.3 Å². The molecule has 1 aromatic carbocycles. The molecule has 3 aromatic rings. The molecule has 1 atom stereocenters. The van der Waals surface area contributed by atoms with Gasteiger partial charge in [-0.05, 0) is 25.1 Å². The quantitative estimate of drug-likeness (QED) is 0.636. The number of aromatic nitrogens is 3. The Bertz CT molecular complexity index is 861. The molecule has 2 aromatic heterocycles. The standard InChI is InChI=1S/C13H9BrCl2N4OS/c1-6(14)11(21)17-12-18-13-20(19-12)10(5-22-13)8-3-2-7(15)4-9(8)16/h2-6H,1H3,(H,17,19,21). The van der Waals surface area contributed by atoms with Crippen LogP contribution in [-0.2, 0) is 4.79 Å². The maximum Gasteiger partial charge on any atom is 0.250 e. The Hall–Kier alpha value is -1.15. The van der Waals surface area contributed by atoms with Crippen molar-refractivity contribution in [3.05, 3.63) is 33.6 Å². The summed E-state index contributed by atoms with van der Waals surface area (Å²) >= 11 is 16.8. The zero-order valence-electron chi connectivity index (χ0n) is 11.2. The van der Waals surface area contributed by atoms with E-state index in [2.05, 4.69) is 31.3 Å². The van der Waals surface area contributed by atoms with E-state index in [9.17, 15) is 4.79 Å². The minimum Gasteiger partial charge on any atom is -0.292 e. The molecule has 0 aliphatic heterocycles. The fraction of sp³-hybridized carbons (Fsp3) is 0.154. The second-order valence-corrected chi connectivity index (χ2v) is 7.53. The van der Waals surface area contributed by atoms with Crippen LogP contribution in [0.25, 0.3) is 16.2 Å². The van der Waals surface area contributed by atoms with Gasteiger partial charge in [-0.25, -0.2) is 4.52 Å². The maximum absolute atomic E-state index is 11.7. The van der Waals surface area contributed by atoms with Crippen LogP contribution in [0.5, 0.6) is 0 Å². The number of alkyl halides is 1. The Balaban J connectivity index is 2.01. The molecule has 0 radical (unpaired) electrons. The number of anilines is 1. The largest absolute Gasteiger partial charge is 0.292 e. The van der Waals surface area contributed by atoms with Crippen molar-refractivity contribution in [1.82, 2.24) is 14.6 Å². The molecule has 0 saturated heterocycles. The normalized spacial score (nSPS) is 12.5. The smallest absolute Gasteiger partial charge is 0.250 e. The van der Waals surface area contributed by atoms with Crippen molar-refractivity contribution < 1.29 is 4.79 Å². The van der Waals surface area contributed by atoms with Crippen LogP contribution in [0.1, 0.15) is 6.92 Å². The molecule has 2 heterocycles. The highest BCUT2D eigenvalue weighted by atomic mass is 79.9. The highest BCUT2D eigenvalue weighted by molar-refractivity contribution is 9.10. The lowest BCUT2D eigenvalue weighted by atomic mass is 10.2. The lowest BCUT2D eigenvalue weighted by Gasteiger charge is -2.03. The van der Waals surface area contributed by atoms with Crippen molar-refractivity contribution >= 4 is 67.3 Å². The van der Waals surface area contributed by atoms with Crippen LogP contribution in [-0.4, -0.2) is 25.3 Å². The van der Waals surface area contributed by atoms with E-state index in [0.29, 0.717) is 15.0 Å². The monoisotopic (exact) mass is 418 g/mol. The SMILES string of the molecule is CC(Br)C(=O)Nc1nc2scc(-c3ccc(Cl)cc3Cl)n2n1. The van der Waals surface area contributed by atoms with E-state index in [1.807, 2.05) is 11.4 Å². The summed E-state index contributed by atoms with van der Waals surface area (Å²) in [6.07, 6.45) is 0. The van der Waals surface area contributed by atoms with Crippen LogP contribution in [0.4, 0.5) is 5.95 Å². The van der Waals surface area contributed by atoms with Crippen LogP contribution in [0.3, 0.4) is 0 Å². The molecule has 0 aliphatic carbocycles. The predicted octanol–water partition coefficient (Wildman–Crippen LogP) is 4.49. The average Bonchev–Trinajstić information content (AvgIpc) is 2.99. The van der Waals surface area contributed by atoms with Gasteiger partial charge in [0.05, 0.1) is 15.5 Å². The second-order valence-electron chi connectivity index (χ2n) is 4.48. The van der Waals surface area contributed by atoms with Gasteiger partial charge in [-0.15, -0.1) is 16.4 Å². The van der Waals surface area contributed by atoms with Crippen molar-refractivity contribution in [2.75, 3.05) is 5.32 Å². The summed E-state index contributed by atoms with van der Waals surface area (Å²) in [5.74, 6) is 0.0545. The summed E-state index contributed by atoms with van der Waals surface area (Å²) in [6.45, 7) is 1.73. The van der Waals surface area contributed by atoms with E-state index in [0.717, 1.165) is 11.3 Å².